The molecule has 1 unspecified atom stereocenters. The van der Waals surface area contributed by atoms with E-state index in [9.17, 15) is 0 Å². The van der Waals surface area contributed by atoms with Gasteiger partial charge in [-0.15, -0.1) is 0 Å². The van der Waals surface area contributed by atoms with Crippen molar-refractivity contribution in [3.8, 4) is 0 Å². The Bertz CT molecular complexity index is 538. The van der Waals surface area contributed by atoms with Crippen LogP contribution in [-0.4, -0.2) is 13.1 Å². The van der Waals surface area contributed by atoms with E-state index in [1.807, 2.05) is 0 Å². The van der Waals surface area contributed by atoms with E-state index in [4.69, 9.17) is 0 Å². The molecule has 1 fully saturated rings. The first-order valence-corrected chi connectivity index (χ1v) is 7.94. The SMILES string of the molecule is BrCc1ccccc1N1CCC(c2ccccc2)C1. The van der Waals surface area contributed by atoms with E-state index in [2.05, 4.69) is 75.4 Å². The third-order valence-electron chi connectivity index (χ3n) is 3.94. The molecule has 0 aliphatic carbocycles. The second-order valence-electron chi connectivity index (χ2n) is 5.10. The number of hydrogen-bond acceptors (Lipinski definition) is 1. The fourth-order valence-electron chi connectivity index (χ4n) is 2.91. The summed E-state index contributed by atoms with van der Waals surface area (Å²) in [6, 6.07) is 19.6. The summed E-state index contributed by atoms with van der Waals surface area (Å²) in [5.41, 5.74) is 4.25. The first kappa shape index (κ1) is 12.7. The molecule has 0 saturated carbocycles. The van der Waals surface area contributed by atoms with Gasteiger partial charge in [-0.2, -0.15) is 0 Å². The van der Waals surface area contributed by atoms with Crippen LogP contribution in [0.5, 0.6) is 0 Å². The molecule has 1 saturated heterocycles. The van der Waals surface area contributed by atoms with Crippen molar-refractivity contribution >= 4 is 21.6 Å². The Morgan fingerprint density at radius 2 is 1.74 bits per heavy atom. The van der Waals surface area contributed by atoms with Gasteiger partial charge in [0.2, 0.25) is 0 Å². The summed E-state index contributed by atoms with van der Waals surface area (Å²) in [6.45, 7) is 2.29. The lowest BCUT2D eigenvalue weighted by Gasteiger charge is -2.21. The Kier molecular flexibility index (Phi) is 3.88. The van der Waals surface area contributed by atoms with Gasteiger partial charge in [-0.25, -0.2) is 0 Å². The minimum absolute atomic E-state index is 0.671. The maximum atomic E-state index is 3.59. The predicted molar refractivity (Wildman–Crippen MR) is 85.1 cm³/mol. The maximum absolute atomic E-state index is 3.59. The monoisotopic (exact) mass is 315 g/mol. The van der Waals surface area contributed by atoms with Gasteiger partial charge in [-0.3, -0.25) is 0 Å². The number of para-hydroxylation sites is 1. The fourth-order valence-corrected chi connectivity index (χ4v) is 3.38. The lowest BCUT2D eigenvalue weighted by Crippen LogP contribution is -2.20. The Morgan fingerprint density at radius 1 is 1.00 bits per heavy atom. The molecule has 0 bridgehead atoms. The molecule has 1 atom stereocenters. The van der Waals surface area contributed by atoms with E-state index < -0.39 is 0 Å². The van der Waals surface area contributed by atoms with Gasteiger partial charge in [0.25, 0.3) is 0 Å². The summed E-state index contributed by atoms with van der Waals surface area (Å²) < 4.78 is 0. The second kappa shape index (κ2) is 5.79. The minimum atomic E-state index is 0.671. The molecule has 1 aliphatic rings. The van der Waals surface area contributed by atoms with Gasteiger partial charge >= 0.3 is 0 Å². The average molecular weight is 316 g/mol. The van der Waals surface area contributed by atoms with Crippen molar-refractivity contribution in [1.29, 1.82) is 0 Å². The van der Waals surface area contributed by atoms with Crippen LogP contribution >= 0.6 is 15.9 Å². The van der Waals surface area contributed by atoms with Crippen LogP contribution in [0.4, 0.5) is 5.69 Å². The van der Waals surface area contributed by atoms with Gasteiger partial charge in [-0.05, 0) is 23.6 Å². The molecule has 0 amide bonds. The Balaban J connectivity index is 1.79. The zero-order valence-electron chi connectivity index (χ0n) is 10.9. The zero-order valence-corrected chi connectivity index (χ0v) is 12.5. The largest absolute Gasteiger partial charge is 0.371 e. The normalized spacial score (nSPS) is 18.8. The minimum Gasteiger partial charge on any atom is -0.371 e. The molecule has 1 heterocycles. The van der Waals surface area contributed by atoms with Crippen LogP contribution in [-0.2, 0) is 5.33 Å². The quantitative estimate of drug-likeness (QED) is 0.750. The van der Waals surface area contributed by atoms with Crippen molar-refractivity contribution in [2.24, 2.45) is 0 Å². The summed E-state index contributed by atoms with van der Waals surface area (Å²) in [7, 11) is 0. The summed E-state index contributed by atoms with van der Waals surface area (Å²) in [5, 5.41) is 0.926. The zero-order chi connectivity index (χ0) is 13.1. The van der Waals surface area contributed by atoms with Crippen LogP contribution in [0.25, 0.3) is 0 Å². The van der Waals surface area contributed by atoms with Gasteiger partial charge in [0.05, 0.1) is 0 Å². The molecule has 98 valence electrons. The number of alkyl halides is 1. The summed E-state index contributed by atoms with van der Waals surface area (Å²) in [5.74, 6) is 0.671. The van der Waals surface area contributed by atoms with Crippen molar-refractivity contribution < 1.29 is 0 Å². The first-order valence-electron chi connectivity index (χ1n) is 6.82. The molecule has 0 N–H and O–H groups in total. The predicted octanol–water partition coefficient (Wildman–Crippen LogP) is 4.58. The highest BCUT2D eigenvalue weighted by atomic mass is 79.9. The Labute approximate surface area is 123 Å². The summed E-state index contributed by atoms with van der Waals surface area (Å²) in [6.07, 6.45) is 1.25. The average Bonchev–Trinajstić information content (AvgIpc) is 2.98. The molecule has 3 rings (SSSR count). The standard InChI is InChI=1S/C17H18BrN/c18-12-15-8-4-5-9-17(15)19-11-10-16(13-19)14-6-2-1-3-7-14/h1-9,16H,10-13H2. The van der Waals surface area contributed by atoms with Gasteiger partial charge in [0.15, 0.2) is 0 Å². The van der Waals surface area contributed by atoms with Crippen LogP contribution in [0, 0.1) is 0 Å². The first-order chi connectivity index (χ1) is 9.38. The van der Waals surface area contributed by atoms with Crippen LogP contribution < -0.4 is 4.90 Å². The third-order valence-corrected chi connectivity index (χ3v) is 4.54. The molecule has 2 heteroatoms. The smallest absolute Gasteiger partial charge is 0.0407 e. The number of hydrogen-bond donors (Lipinski definition) is 0. The number of anilines is 1. The van der Waals surface area contributed by atoms with E-state index in [1.54, 1.807) is 0 Å². The molecule has 19 heavy (non-hydrogen) atoms. The van der Waals surface area contributed by atoms with Gasteiger partial charge < -0.3 is 4.90 Å². The van der Waals surface area contributed by atoms with Crippen molar-refractivity contribution in [3.05, 3.63) is 65.7 Å². The molecule has 0 spiro atoms. The molecule has 1 aliphatic heterocycles. The molecule has 2 aromatic rings. The maximum Gasteiger partial charge on any atom is 0.0407 e. The molecule has 0 aromatic heterocycles. The van der Waals surface area contributed by atoms with Crippen molar-refractivity contribution in [1.82, 2.24) is 0 Å². The summed E-state index contributed by atoms with van der Waals surface area (Å²) >= 11 is 3.59. The molecule has 1 nitrogen and oxygen atoms in total. The molecular formula is C17H18BrN. The molecule has 2 aromatic carbocycles. The van der Waals surface area contributed by atoms with E-state index >= 15 is 0 Å². The van der Waals surface area contributed by atoms with Gasteiger partial charge in [-0.1, -0.05) is 64.5 Å². The number of halogens is 1. The highest BCUT2D eigenvalue weighted by Crippen LogP contribution is 2.32. The van der Waals surface area contributed by atoms with Crippen molar-refractivity contribution in [2.75, 3.05) is 18.0 Å². The second-order valence-corrected chi connectivity index (χ2v) is 5.67. The molecular weight excluding hydrogens is 298 g/mol. The van der Waals surface area contributed by atoms with Crippen LogP contribution in [0.3, 0.4) is 0 Å². The Morgan fingerprint density at radius 3 is 2.53 bits per heavy atom. The third kappa shape index (κ3) is 2.69. The van der Waals surface area contributed by atoms with Gasteiger partial charge in [0.1, 0.15) is 0 Å². The van der Waals surface area contributed by atoms with Crippen LogP contribution in [0.15, 0.2) is 54.6 Å². The van der Waals surface area contributed by atoms with E-state index in [0.717, 1.165) is 18.4 Å². The van der Waals surface area contributed by atoms with E-state index in [0.29, 0.717) is 5.92 Å². The van der Waals surface area contributed by atoms with Crippen molar-refractivity contribution in [2.45, 2.75) is 17.7 Å². The lowest BCUT2D eigenvalue weighted by molar-refractivity contribution is 0.775. The lowest BCUT2D eigenvalue weighted by atomic mass is 9.99. The highest BCUT2D eigenvalue weighted by molar-refractivity contribution is 9.08. The number of nitrogens with zero attached hydrogens (tertiary/aromatic N) is 1. The topological polar surface area (TPSA) is 3.24 Å². The Hall–Kier alpha value is -1.28. The van der Waals surface area contributed by atoms with E-state index in [1.165, 1.54) is 23.2 Å². The summed E-state index contributed by atoms with van der Waals surface area (Å²) in [4.78, 5) is 2.52. The van der Waals surface area contributed by atoms with Crippen LogP contribution in [0.1, 0.15) is 23.5 Å². The highest BCUT2D eigenvalue weighted by Gasteiger charge is 2.24. The molecule has 0 radical (unpaired) electrons. The number of benzene rings is 2. The fraction of sp³-hybridized carbons (Fsp3) is 0.294. The van der Waals surface area contributed by atoms with Crippen LogP contribution in [0.2, 0.25) is 0 Å². The van der Waals surface area contributed by atoms with Crippen molar-refractivity contribution in [3.63, 3.8) is 0 Å². The van der Waals surface area contributed by atoms with E-state index in [-0.39, 0.29) is 0 Å². The van der Waals surface area contributed by atoms with Gasteiger partial charge in [0, 0.05) is 30.0 Å². The number of rotatable bonds is 3.